The summed E-state index contributed by atoms with van der Waals surface area (Å²) in [5.41, 5.74) is 3.26. The van der Waals surface area contributed by atoms with Gasteiger partial charge in [-0.3, -0.25) is 4.79 Å². The van der Waals surface area contributed by atoms with Gasteiger partial charge in [0.25, 0.3) is 5.91 Å². The van der Waals surface area contributed by atoms with E-state index in [0.29, 0.717) is 5.56 Å². The van der Waals surface area contributed by atoms with E-state index in [1.807, 2.05) is 40.9 Å². The Balaban J connectivity index is 1.72. The lowest BCUT2D eigenvalue weighted by molar-refractivity contribution is 0.0953. The summed E-state index contributed by atoms with van der Waals surface area (Å²) in [6, 6.07) is 11.6. The molecule has 1 amide bonds. The first-order valence-electron chi connectivity index (χ1n) is 9.28. The minimum atomic E-state index is -0.0275. The number of carbonyl (C=O) groups excluding carboxylic acids is 1. The van der Waals surface area contributed by atoms with Gasteiger partial charge in [0.2, 0.25) is 0 Å². The Morgan fingerprint density at radius 1 is 0.885 bits per heavy atom. The normalized spacial score (nSPS) is 16.1. The van der Waals surface area contributed by atoms with Crippen LogP contribution >= 0.6 is 0 Å². The molecule has 26 heavy (non-hydrogen) atoms. The van der Waals surface area contributed by atoms with Crippen LogP contribution in [0.25, 0.3) is 16.9 Å². The standard InChI is InChI=1S/C20H23N5O/c26-20-16-8-6-7-15(13-16)17-14-23-19-10-9-18(24-25(17)19)21-11-4-2-1-3-5-12-22-20/h6-10,13-14H,1-5,11-12H2,(H,21,24)(H,22,26). The third kappa shape index (κ3) is 3.54. The van der Waals surface area contributed by atoms with Crippen LogP contribution in [-0.4, -0.2) is 33.6 Å². The van der Waals surface area contributed by atoms with Crippen molar-refractivity contribution in [3.8, 4) is 11.3 Å². The van der Waals surface area contributed by atoms with E-state index in [9.17, 15) is 4.79 Å². The minimum Gasteiger partial charge on any atom is -0.369 e. The number of benzene rings is 1. The summed E-state index contributed by atoms with van der Waals surface area (Å²) in [4.78, 5) is 16.9. The van der Waals surface area contributed by atoms with E-state index in [4.69, 9.17) is 0 Å². The monoisotopic (exact) mass is 349 g/mol. The van der Waals surface area contributed by atoms with Crippen LogP contribution in [0.1, 0.15) is 42.5 Å². The maximum atomic E-state index is 12.4. The van der Waals surface area contributed by atoms with E-state index in [1.54, 1.807) is 6.20 Å². The molecule has 4 rings (SSSR count). The largest absolute Gasteiger partial charge is 0.369 e. The molecule has 0 saturated heterocycles. The third-order valence-electron chi connectivity index (χ3n) is 4.73. The molecular formula is C20H23N5O. The van der Waals surface area contributed by atoms with E-state index >= 15 is 0 Å². The molecule has 0 saturated carbocycles. The summed E-state index contributed by atoms with van der Waals surface area (Å²) in [6.07, 6.45) is 7.44. The smallest absolute Gasteiger partial charge is 0.251 e. The van der Waals surface area contributed by atoms with Crippen LogP contribution < -0.4 is 10.6 Å². The molecule has 3 aromatic rings. The summed E-state index contributed by atoms with van der Waals surface area (Å²) in [7, 11) is 0. The number of aromatic nitrogens is 3. The summed E-state index contributed by atoms with van der Waals surface area (Å²) >= 11 is 0. The second kappa shape index (κ2) is 7.56. The Labute approximate surface area is 152 Å². The highest BCUT2D eigenvalue weighted by atomic mass is 16.1. The number of nitrogens with one attached hydrogen (secondary N) is 2. The van der Waals surface area contributed by atoms with Crippen molar-refractivity contribution in [2.75, 3.05) is 18.4 Å². The highest BCUT2D eigenvalue weighted by molar-refractivity contribution is 5.95. The van der Waals surface area contributed by atoms with E-state index in [2.05, 4.69) is 20.7 Å². The van der Waals surface area contributed by atoms with Gasteiger partial charge in [-0.05, 0) is 37.1 Å². The third-order valence-corrected chi connectivity index (χ3v) is 4.73. The van der Waals surface area contributed by atoms with Crippen LogP contribution in [0, 0.1) is 0 Å². The summed E-state index contributed by atoms with van der Waals surface area (Å²) in [5, 5.41) is 11.1. The number of rotatable bonds is 0. The van der Waals surface area contributed by atoms with Gasteiger partial charge in [0.05, 0.1) is 11.9 Å². The van der Waals surface area contributed by atoms with Crippen molar-refractivity contribution in [2.45, 2.75) is 32.1 Å². The van der Waals surface area contributed by atoms with E-state index < -0.39 is 0 Å². The van der Waals surface area contributed by atoms with Crippen molar-refractivity contribution in [3.05, 3.63) is 48.2 Å². The molecule has 0 unspecified atom stereocenters. The zero-order valence-electron chi connectivity index (χ0n) is 14.7. The average Bonchev–Trinajstić information content (AvgIpc) is 3.09. The fourth-order valence-electron chi connectivity index (χ4n) is 3.28. The number of amides is 1. The predicted molar refractivity (Wildman–Crippen MR) is 102 cm³/mol. The molecule has 3 heterocycles. The molecule has 0 spiro atoms. The Bertz CT molecular complexity index is 917. The summed E-state index contributed by atoms with van der Waals surface area (Å²) in [6.45, 7) is 1.63. The van der Waals surface area contributed by atoms with E-state index in [-0.39, 0.29) is 5.91 Å². The Kier molecular flexibility index (Phi) is 4.82. The van der Waals surface area contributed by atoms with Crippen molar-refractivity contribution < 1.29 is 4.79 Å². The van der Waals surface area contributed by atoms with Crippen molar-refractivity contribution in [3.63, 3.8) is 0 Å². The van der Waals surface area contributed by atoms with Crippen molar-refractivity contribution in [2.24, 2.45) is 0 Å². The topological polar surface area (TPSA) is 71.3 Å². The molecule has 134 valence electrons. The number of hydrogen-bond donors (Lipinski definition) is 2. The van der Waals surface area contributed by atoms with Gasteiger partial charge in [0.15, 0.2) is 5.65 Å². The second-order valence-corrected chi connectivity index (χ2v) is 6.66. The first kappa shape index (κ1) is 16.6. The molecule has 2 N–H and O–H groups in total. The number of anilines is 1. The first-order chi connectivity index (χ1) is 12.8. The van der Waals surface area contributed by atoms with Gasteiger partial charge in [-0.25, -0.2) is 9.50 Å². The van der Waals surface area contributed by atoms with E-state index in [1.165, 1.54) is 12.8 Å². The number of fused-ring (bicyclic) bond motifs is 4. The molecule has 0 aliphatic carbocycles. The van der Waals surface area contributed by atoms with Crippen LogP contribution in [0.5, 0.6) is 0 Å². The molecule has 0 radical (unpaired) electrons. The lowest BCUT2D eigenvalue weighted by Crippen LogP contribution is -2.24. The van der Waals surface area contributed by atoms with Crippen molar-refractivity contribution >= 4 is 17.4 Å². The molecule has 1 aromatic carbocycles. The fourth-order valence-corrected chi connectivity index (χ4v) is 3.28. The number of imidazole rings is 1. The Hall–Kier alpha value is -2.89. The Morgan fingerprint density at radius 2 is 1.65 bits per heavy atom. The Morgan fingerprint density at radius 3 is 2.54 bits per heavy atom. The predicted octanol–water partition coefficient (Wildman–Crippen LogP) is 3.50. The second-order valence-electron chi connectivity index (χ2n) is 6.66. The lowest BCUT2D eigenvalue weighted by Gasteiger charge is -2.07. The molecule has 0 atom stereocenters. The summed E-state index contributed by atoms with van der Waals surface area (Å²) < 4.78 is 1.83. The maximum absolute atomic E-state index is 12.4. The molecule has 6 nitrogen and oxygen atoms in total. The van der Waals surface area contributed by atoms with Crippen LogP contribution in [0.4, 0.5) is 5.82 Å². The molecule has 6 heteroatoms. The molecule has 2 aromatic heterocycles. The quantitative estimate of drug-likeness (QED) is 0.652. The van der Waals surface area contributed by atoms with Gasteiger partial charge in [0.1, 0.15) is 5.82 Å². The van der Waals surface area contributed by atoms with Gasteiger partial charge < -0.3 is 10.6 Å². The number of carbonyl (C=O) groups is 1. The molecule has 1 aliphatic heterocycles. The van der Waals surface area contributed by atoms with Gasteiger partial charge in [-0.2, -0.15) is 0 Å². The van der Waals surface area contributed by atoms with Gasteiger partial charge in [0, 0.05) is 24.2 Å². The zero-order valence-corrected chi connectivity index (χ0v) is 14.7. The summed E-state index contributed by atoms with van der Waals surface area (Å²) in [5.74, 6) is 0.815. The average molecular weight is 349 g/mol. The van der Waals surface area contributed by atoms with Crippen LogP contribution in [0.15, 0.2) is 42.6 Å². The van der Waals surface area contributed by atoms with E-state index in [0.717, 1.165) is 55.1 Å². The van der Waals surface area contributed by atoms with Gasteiger partial charge in [-0.1, -0.05) is 31.4 Å². The van der Waals surface area contributed by atoms with Crippen LogP contribution in [-0.2, 0) is 0 Å². The van der Waals surface area contributed by atoms with Crippen molar-refractivity contribution in [1.82, 2.24) is 19.9 Å². The lowest BCUT2D eigenvalue weighted by atomic mass is 10.1. The maximum Gasteiger partial charge on any atom is 0.251 e. The van der Waals surface area contributed by atoms with Crippen LogP contribution in [0.3, 0.4) is 0 Å². The SMILES string of the molecule is O=C1NCCCCCCCNc2ccc3ncc(n3n2)-c2cccc1c2. The molecule has 4 bridgehead atoms. The zero-order chi connectivity index (χ0) is 17.8. The van der Waals surface area contributed by atoms with Crippen LogP contribution in [0.2, 0.25) is 0 Å². The highest BCUT2D eigenvalue weighted by Crippen LogP contribution is 2.22. The fraction of sp³-hybridized carbons (Fsp3) is 0.350. The van der Waals surface area contributed by atoms with Gasteiger partial charge >= 0.3 is 0 Å². The molecule has 1 aliphatic rings. The van der Waals surface area contributed by atoms with Gasteiger partial charge in [-0.15, -0.1) is 5.10 Å². The minimum absolute atomic E-state index is 0.0275. The van der Waals surface area contributed by atoms with Crippen molar-refractivity contribution in [1.29, 1.82) is 0 Å². The number of hydrogen-bond acceptors (Lipinski definition) is 4. The first-order valence-corrected chi connectivity index (χ1v) is 9.28. The highest BCUT2D eigenvalue weighted by Gasteiger charge is 2.11. The molecule has 0 fully saturated rings. The number of nitrogens with zero attached hydrogens (tertiary/aromatic N) is 3. The molecular weight excluding hydrogens is 326 g/mol.